The molecule has 0 bridgehead atoms. The van der Waals surface area contributed by atoms with Gasteiger partial charge in [0, 0.05) is 5.56 Å². The number of benzene rings is 2. The number of allylic oxidation sites excluding steroid dienone is 4. The smallest absolute Gasteiger partial charge is 0.119 e. The summed E-state index contributed by atoms with van der Waals surface area (Å²) in [5.41, 5.74) is 3.77. The van der Waals surface area contributed by atoms with Crippen LogP contribution in [0.3, 0.4) is 0 Å². The van der Waals surface area contributed by atoms with E-state index in [1.54, 1.807) is 6.07 Å². The maximum Gasteiger partial charge on any atom is 0.119 e. The molecule has 0 saturated carbocycles. The summed E-state index contributed by atoms with van der Waals surface area (Å²) in [6.07, 6.45) is 7.46. The van der Waals surface area contributed by atoms with Crippen LogP contribution in [-0.4, -0.2) is 5.11 Å². The Morgan fingerprint density at radius 2 is 1.76 bits per heavy atom. The van der Waals surface area contributed by atoms with Gasteiger partial charge in [-0.3, -0.25) is 0 Å². The van der Waals surface area contributed by atoms with E-state index >= 15 is 0 Å². The zero-order valence-corrected chi connectivity index (χ0v) is 13.2. The molecule has 1 nitrogen and oxygen atoms in total. The highest BCUT2D eigenvalue weighted by atomic mass is 16.3. The topological polar surface area (TPSA) is 20.2 Å². The van der Waals surface area contributed by atoms with Crippen LogP contribution in [0, 0.1) is 0 Å². The maximum absolute atomic E-state index is 10.1. The van der Waals surface area contributed by atoms with E-state index in [0.29, 0.717) is 5.75 Å². The van der Waals surface area contributed by atoms with Gasteiger partial charge >= 0.3 is 0 Å². The Morgan fingerprint density at radius 1 is 1.00 bits per heavy atom. The van der Waals surface area contributed by atoms with Crippen molar-refractivity contribution in [3.63, 3.8) is 0 Å². The Hall–Kier alpha value is -2.02. The monoisotopic (exact) mass is 280 g/mol. The van der Waals surface area contributed by atoms with Crippen molar-refractivity contribution in [1.82, 2.24) is 0 Å². The van der Waals surface area contributed by atoms with Gasteiger partial charge in [0.05, 0.1) is 0 Å². The van der Waals surface area contributed by atoms with Crippen LogP contribution >= 0.6 is 0 Å². The van der Waals surface area contributed by atoms with E-state index < -0.39 is 0 Å². The van der Waals surface area contributed by atoms with Gasteiger partial charge in [-0.25, -0.2) is 0 Å². The molecule has 0 unspecified atom stereocenters. The Balaban J connectivity index is 2.16. The predicted octanol–water partition coefficient (Wildman–Crippen LogP) is 5.78. The summed E-state index contributed by atoms with van der Waals surface area (Å²) in [7, 11) is 0. The van der Waals surface area contributed by atoms with Crippen molar-refractivity contribution in [1.29, 1.82) is 0 Å². The van der Waals surface area contributed by atoms with Crippen LogP contribution in [0.25, 0.3) is 10.8 Å². The summed E-state index contributed by atoms with van der Waals surface area (Å²) in [6, 6.07) is 12.0. The highest BCUT2D eigenvalue weighted by molar-refractivity contribution is 5.87. The van der Waals surface area contributed by atoms with E-state index in [1.807, 2.05) is 18.2 Å². The SMILES string of the molecule is CC(C)=CCC/C(C)=C/Cc1c(O)ccc2ccccc12. The van der Waals surface area contributed by atoms with E-state index in [0.717, 1.165) is 30.2 Å². The third kappa shape index (κ3) is 4.22. The van der Waals surface area contributed by atoms with Crippen molar-refractivity contribution in [3.05, 3.63) is 65.3 Å². The van der Waals surface area contributed by atoms with Crippen LogP contribution in [-0.2, 0) is 6.42 Å². The molecular formula is C20H24O. The third-order valence-corrected chi connectivity index (χ3v) is 3.76. The van der Waals surface area contributed by atoms with Gasteiger partial charge in [-0.1, -0.05) is 53.6 Å². The van der Waals surface area contributed by atoms with Gasteiger partial charge in [0.2, 0.25) is 0 Å². The fourth-order valence-corrected chi connectivity index (χ4v) is 2.51. The van der Waals surface area contributed by atoms with Crippen LogP contribution < -0.4 is 0 Å². The molecule has 0 aromatic heterocycles. The van der Waals surface area contributed by atoms with Gasteiger partial charge in [0.25, 0.3) is 0 Å². The zero-order valence-electron chi connectivity index (χ0n) is 13.2. The number of phenols is 1. The van der Waals surface area contributed by atoms with Crippen molar-refractivity contribution in [2.75, 3.05) is 0 Å². The van der Waals surface area contributed by atoms with Crippen LogP contribution in [0.4, 0.5) is 0 Å². The van der Waals surface area contributed by atoms with Gasteiger partial charge in [-0.2, -0.15) is 0 Å². The van der Waals surface area contributed by atoms with Crippen molar-refractivity contribution >= 4 is 10.8 Å². The molecule has 0 aliphatic carbocycles. The van der Waals surface area contributed by atoms with E-state index in [1.165, 1.54) is 16.5 Å². The lowest BCUT2D eigenvalue weighted by Crippen LogP contribution is -1.88. The summed E-state index contributed by atoms with van der Waals surface area (Å²) in [4.78, 5) is 0. The minimum Gasteiger partial charge on any atom is -0.508 e. The molecule has 0 spiro atoms. The minimum absolute atomic E-state index is 0.391. The molecular weight excluding hydrogens is 256 g/mol. The Morgan fingerprint density at radius 3 is 2.52 bits per heavy atom. The van der Waals surface area contributed by atoms with Crippen molar-refractivity contribution in [3.8, 4) is 5.75 Å². The number of aromatic hydroxyl groups is 1. The average Bonchev–Trinajstić information content (AvgIpc) is 2.46. The molecule has 2 aromatic rings. The van der Waals surface area contributed by atoms with Crippen LogP contribution in [0.1, 0.15) is 39.2 Å². The number of hydrogen-bond acceptors (Lipinski definition) is 1. The number of phenolic OH excluding ortho intramolecular Hbond substituents is 1. The Labute approximate surface area is 127 Å². The van der Waals surface area contributed by atoms with Crippen molar-refractivity contribution in [2.24, 2.45) is 0 Å². The molecule has 0 atom stereocenters. The Kier molecular flexibility index (Phi) is 5.21. The first-order valence-electron chi connectivity index (χ1n) is 7.56. The van der Waals surface area contributed by atoms with Crippen LogP contribution in [0.2, 0.25) is 0 Å². The summed E-state index contributed by atoms with van der Waals surface area (Å²) in [5.74, 6) is 0.391. The lowest BCUT2D eigenvalue weighted by molar-refractivity contribution is 0.471. The van der Waals surface area contributed by atoms with Crippen LogP contribution in [0.15, 0.2) is 59.7 Å². The van der Waals surface area contributed by atoms with Gasteiger partial charge in [-0.05, 0) is 56.9 Å². The molecule has 0 aliphatic rings. The molecule has 2 aromatic carbocycles. The van der Waals surface area contributed by atoms with Crippen molar-refractivity contribution < 1.29 is 5.11 Å². The molecule has 0 aliphatic heterocycles. The molecule has 0 radical (unpaired) electrons. The normalized spacial score (nSPS) is 11.7. The molecule has 0 heterocycles. The van der Waals surface area contributed by atoms with Gasteiger partial charge < -0.3 is 5.11 Å². The average molecular weight is 280 g/mol. The lowest BCUT2D eigenvalue weighted by Gasteiger charge is -2.08. The van der Waals surface area contributed by atoms with Crippen molar-refractivity contribution in [2.45, 2.75) is 40.0 Å². The number of rotatable bonds is 5. The highest BCUT2D eigenvalue weighted by Gasteiger charge is 2.05. The first kappa shape index (κ1) is 15.4. The zero-order chi connectivity index (χ0) is 15.2. The quantitative estimate of drug-likeness (QED) is 0.688. The van der Waals surface area contributed by atoms with E-state index in [9.17, 15) is 5.11 Å². The summed E-state index contributed by atoms with van der Waals surface area (Å²) >= 11 is 0. The molecule has 0 saturated heterocycles. The molecule has 1 heteroatoms. The number of fused-ring (bicyclic) bond motifs is 1. The second-order valence-corrected chi connectivity index (χ2v) is 5.86. The first-order chi connectivity index (χ1) is 10.1. The molecule has 2 rings (SSSR count). The summed E-state index contributed by atoms with van der Waals surface area (Å²) in [5, 5.41) is 12.5. The minimum atomic E-state index is 0.391. The lowest BCUT2D eigenvalue weighted by atomic mass is 9.99. The van der Waals surface area contributed by atoms with E-state index in [4.69, 9.17) is 0 Å². The van der Waals surface area contributed by atoms with E-state index in [-0.39, 0.29) is 0 Å². The standard InChI is InChI=1S/C20H24O/c1-15(2)7-6-8-16(3)11-13-19-18-10-5-4-9-17(18)12-14-20(19)21/h4-5,7,9-12,14,21H,6,8,13H2,1-3H3/b16-11+. The maximum atomic E-state index is 10.1. The Bertz CT molecular complexity index is 673. The van der Waals surface area contributed by atoms with Gasteiger partial charge in [0.1, 0.15) is 5.75 Å². The molecule has 21 heavy (non-hydrogen) atoms. The van der Waals surface area contributed by atoms with Crippen LogP contribution in [0.5, 0.6) is 5.75 Å². The molecule has 1 N–H and O–H groups in total. The largest absolute Gasteiger partial charge is 0.508 e. The molecule has 0 fully saturated rings. The summed E-state index contributed by atoms with van der Waals surface area (Å²) in [6.45, 7) is 6.43. The fraction of sp³-hybridized carbons (Fsp3) is 0.300. The van der Waals surface area contributed by atoms with Gasteiger partial charge in [0.15, 0.2) is 0 Å². The third-order valence-electron chi connectivity index (χ3n) is 3.76. The first-order valence-corrected chi connectivity index (χ1v) is 7.56. The predicted molar refractivity (Wildman–Crippen MR) is 91.7 cm³/mol. The highest BCUT2D eigenvalue weighted by Crippen LogP contribution is 2.28. The fourth-order valence-electron chi connectivity index (χ4n) is 2.51. The summed E-state index contributed by atoms with van der Waals surface area (Å²) < 4.78 is 0. The van der Waals surface area contributed by atoms with E-state index in [2.05, 4.69) is 45.1 Å². The van der Waals surface area contributed by atoms with Gasteiger partial charge in [-0.15, -0.1) is 0 Å². The molecule has 110 valence electrons. The second kappa shape index (κ2) is 7.12. The second-order valence-electron chi connectivity index (χ2n) is 5.86. The molecule has 0 amide bonds. The number of hydrogen-bond donors (Lipinski definition) is 1.